The lowest BCUT2D eigenvalue weighted by molar-refractivity contribution is -0.132. The van der Waals surface area contributed by atoms with Gasteiger partial charge in [-0.1, -0.05) is 60.7 Å². The Balaban J connectivity index is 1.66. The molecule has 0 aliphatic heterocycles. The molecule has 0 aliphatic carbocycles. The number of hydrogen-bond acceptors (Lipinski definition) is 6. The van der Waals surface area contributed by atoms with Crippen molar-refractivity contribution in [2.45, 2.75) is 12.8 Å². The zero-order valence-electron chi connectivity index (χ0n) is 15.3. The fourth-order valence-electron chi connectivity index (χ4n) is 3.11. The number of ether oxygens (including phenoxy) is 1. The van der Waals surface area contributed by atoms with Gasteiger partial charge in [-0.25, -0.2) is 4.98 Å². The summed E-state index contributed by atoms with van der Waals surface area (Å²) < 4.78 is 5.05. The van der Waals surface area contributed by atoms with Crippen LogP contribution in [-0.2, 0) is 4.79 Å². The molecule has 0 radical (unpaired) electrons. The molecule has 2 aromatic heterocycles. The van der Waals surface area contributed by atoms with E-state index in [4.69, 9.17) is 4.74 Å². The molecule has 4 rings (SSSR count). The molecule has 2 N–H and O–H groups in total. The first kappa shape index (κ1) is 17.7. The molecule has 0 fully saturated rings. The highest BCUT2D eigenvalue weighted by atomic mass is 16.5. The second-order valence-electron chi connectivity index (χ2n) is 6.30. The molecule has 0 saturated heterocycles. The summed E-state index contributed by atoms with van der Waals surface area (Å²) in [7, 11) is 0. The zero-order chi connectivity index (χ0) is 19.3. The van der Waals surface area contributed by atoms with Crippen LogP contribution in [0.2, 0.25) is 0 Å². The molecule has 140 valence electrons. The van der Waals surface area contributed by atoms with Crippen molar-refractivity contribution in [2.24, 2.45) is 0 Å². The Hall–Kier alpha value is -3.74. The average Bonchev–Trinajstić information content (AvgIpc) is 3.18. The van der Waals surface area contributed by atoms with E-state index in [-0.39, 0.29) is 11.9 Å². The second-order valence-corrected chi connectivity index (χ2v) is 6.30. The van der Waals surface area contributed by atoms with Crippen molar-refractivity contribution >= 4 is 23.0 Å². The second kappa shape index (κ2) is 7.87. The lowest BCUT2D eigenvalue weighted by Crippen LogP contribution is -2.16. The van der Waals surface area contributed by atoms with Gasteiger partial charge in [0.2, 0.25) is 0 Å². The first-order valence-corrected chi connectivity index (χ1v) is 8.94. The molecular weight excluding hydrogens is 354 g/mol. The Morgan fingerprint density at radius 1 is 1.04 bits per heavy atom. The van der Waals surface area contributed by atoms with Crippen molar-refractivity contribution in [2.75, 3.05) is 11.9 Å². The predicted octanol–water partition coefficient (Wildman–Crippen LogP) is 3.52. The molecule has 2 aromatic carbocycles. The minimum atomic E-state index is -0.479. The Kier molecular flexibility index (Phi) is 4.97. The van der Waals surface area contributed by atoms with Crippen molar-refractivity contribution in [1.29, 1.82) is 0 Å². The largest absolute Gasteiger partial charge is 0.391 e. The van der Waals surface area contributed by atoms with Gasteiger partial charge in [0, 0.05) is 19.4 Å². The van der Waals surface area contributed by atoms with Crippen LogP contribution in [0, 0.1) is 0 Å². The maximum atomic E-state index is 11.3. The molecule has 7 nitrogen and oxygen atoms in total. The molecule has 0 atom stereocenters. The van der Waals surface area contributed by atoms with E-state index in [1.165, 1.54) is 24.4 Å². The van der Waals surface area contributed by atoms with Crippen LogP contribution in [0.5, 0.6) is 6.01 Å². The molecule has 28 heavy (non-hydrogen) atoms. The normalized spacial score (nSPS) is 10.9. The van der Waals surface area contributed by atoms with Gasteiger partial charge < -0.3 is 15.0 Å². The molecule has 2 heterocycles. The van der Waals surface area contributed by atoms with E-state index in [9.17, 15) is 4.79 Å². The first-order chi connectivity index (χ1) is 13.7. The van der Waals surface area contributed by atoms with E-state index in [0.717, 1.165) is 0 Å². The summed E-state index contributed by atoms with van der Waals surface area (Å²) in [5.74, 6) is 0.176. The summed E-state index contributed by atoms with van der Waals surface area (Å²) >= 11 is 0. The number of esters is 1. The van der Waals surface area contributed by atoms with Gasteiger partial charge in [0.15, 0.2) is 11.5 Å². The Bertz CT molecular complexity index is 1040. The monoisotopic (exact) mass is 373 g/mol. The highest BCUT2D eigenvalue weighted by Gasteiger charge is 2.17. The van der Waals surface area contributed by atoms with Gasteiger partial charge in [-0.2, -0.15) is 9.97 Å². The minimum Gasteiger partial charge on any atom is -0.391 e. The maximum absolute atomic E-state index is 11.3. The first-order valence-electron chi connectivity index (χ1n) is 8.94. The summed E-state index contributed by atoms with van der Waals surface area (Å²) in [4.78, 5) is 26.9. The zero-order valence-corrected chi connectivity index (χ0v) is 15.3. The number of benzene rings is 2. The van der Waals surface area contributed by atoms with Gasteiger partial charge in [-0.15, -0.1) is 0 Å². The number of aromatic amines is 1. The molecule has 0 bridgehead atoms. The molecule has 0 amide bonds. The number of anilines is 1. The van der Waals surface area contributed by atoms with Crippen LogP contribution in [0.15, 0.2) is 67.0 Å². The topological polar surface area (TPSA) is 92.8 Å². The highest BCUT2D eigenvalue weighted by Crippen LogP contribution is 2.26. The van der Waals surface area contributed by atoms with E-state index in [2.05, 4.69) is 49.5 Å². The Morgan fingerprint density at radius 2 is 1.68 bits per heavy atom. The third-order valence-corrected chi connectivity index (χ3v) is 4.38. The van der Waals surface area contributed by atoms with Crippen LogP contribution < -0.4 is 10.1 Å². The maximum Gasteiger partial charge on any atom is 0.328 e. The smallest absolute Gasteiger partial charge is 0.328 e. The number of H-pyrrole nitrogens is 1. The molecule has 4 aromatic rings. The number of rotatable bonds is 6. The van der Waals surface area contributed by atoms with Crippen molar-refractivity contribution in [1.82, 2.24) is 19.9 Å². The van der Waals surface area contributed by atoms with Gasteiger partial charge in [0.25, 0.3) is 0 Å². The van der Waals surface area contributed by atoms with Crippen LogP contribution in [0.3, 0.4) is 0 Å². The molecule has 0 spiro atoms. The van der Waals surface area contributed by atoms with E-state index >= 15 is 0 Å². The number of hydrogen-bond donors (Lipinski definition) is 2. The third-order valence-electron chi connectivity index (χ3n) is 4.38. The van der Waals surface area contributed by atoms with Crippen LogP contribution >= 0.6 is 0 Å². The van der Waals surface area contributed by atoms with Crippen LogP contribution in [0.4, 0.5) is 5.82 Å². The van der Waals surface area contributed by atoms with E-state index in [0.29, 0.717) is 23.5 Å². The summed E-state index contributed by atoms with van der Waals surface area (Å²) in [5.41, 5.74) is 3.48. The Labute approximate surface area is 161 Å². The van der Waals surface area contributed by atoms with Crippen LogP contribution in [0.25, 0.3) is 11.2 Å². The summed E-state index contributed by atoms with van der Waals surface area (Å²) in [6.45, 7) is 1.91. The third kappa shape index (κ3) is 3.83. The predicted molar refractivity (Wildman–Crippen MR) is 106 cm³/mol. The Morgan fingerprint density at radius 3 is 2.29 bits per heavy atom. The summed E-state index contributed by atoms with van der Waals surface area (Å²) in [6.07, 6.45) is 1.54. The standard InChI is InChI=1S/C21H19N5O2/c1-14(27)28-21-25-19(18-20(26-21)24-13-23-18)22-12-17(15-8-4-2-5-9-15)16-10-6-3-7-11-16/h2-11,13,17H,12H2,1H3,(H2,22,23,24,25,26). The fraction of sp³-hybridized carbons (Fsp3) is 0.143. The lowest BCUT2D eigenvalue weighted by Gasteiger charge is -2.19. The number of imidazole rings is 1. The number of aromatic nitrogens is 4. The number of nitrogens with zero attached hydrogens (tertiary/aromatic N) is 3. The average molecular weight is 373 g/mol. The summed E-state index contributed by atoms with van der Waals surface area (Å²) in [6, 6.07) is 20.5. The van der Waals surface area contributed by atoms with Crippen LogP contribution in [-0.4, -0.2) is 32.4 Å². The molecule has 7 heteroatoms. The quantitative estimate of drug-likeness (QED) is 0.502. The van der Waals surface area contributed by atoms with E-state index in [1.54, 1.807) is 0 Å². The highest BCUT2D eigenvalue weighted by molar-refractivity contribution is 5.83. The van der Waals surface area contributed by atoms with Crippen molar-refractivity contribution < 1.29 is 9.53 Å². The molecule has 0 aliphatic rings. The van der Waals surface area contributed by atoms with E-state index in [1.807, 2.05) is 36.4 Å². The number of carbonyl (C=O) groups excluding carboxylic acids is 1. The van der Waals surface area contributed by atoms with Crippen molar-refractivity contribution in [3.8, 4) is 6.01 Å². The minimum absolute atomic E-state index is 0.0226. The van der Waals surface area contributed by atoms with Gasteiger partial charge in [0.1, 0.15) is 5.52 Å². The van der Waals surface area contributed by atoms with Gasteiger partial charge >= 0.3 is 12.0 Å². The number of fused-ring (bicyclic) bond motifs is 1. The molecule has 0 unspecified atom stereocenters. The SMILES string of the molecule is CC(=O)Oc1nc(NCC(c2ccccc2)c2ccccc2)c2[nH]cnc2n1. The van der Waals surface area contributed by atoms with E-state index < -0.39 is 5.97 Å². The van der Waals surface area contributed by atoms with Crippen molar-refractivity contribution in [3.05, 3.63) is 78.1 Å². The summed E-state index contributed by atoms with van der Waals surface area (Å²) in [5, 5.41) is 3.37. The molecular formula is C21H19N5O2. The van der Waals surface area contributed by atoms with Crippen LogP contribution in [0.1, 0.15) is 24.0 Å². The van der Waals surface area contributed by atoms with Crippen molar-refractivity contribution in [3.63, 3.8) is 0 Å². The van der Waals surface area contributed by atoms with Gasteiger partial charge in [-0.05, 0) is 11.1 Å². The fourth-order valence-corrected chi connectivity index (χ4v) is 3.11. The number of nitrogens with one attached hydrogen (secondary N) is 2. The lowest BCUT2D eigenvalue weighted by atomic mass is 9.91. The number of carbonyl (C=O) groups is 1. The molecule has 0 saturated carbocycles. The van der Waals surface area contributed by atoms with Gasteiger partial charge in [0.05, 0.1) is 6.33 Å². The van der Waals surface area contributed by atoms with Gasteiger partial charge in [-0.3, -0.25) is 4.79 Å².